The zero-order valence-corrected chi connectivity index (χ0v) is 13.8. The molecule has 1 saturated carbocycles. The quantitative estimate of drug-likeness (QED) is 0.922. The largest absolute Gasteiger partial charge is 0.345 e. The molecule has 2 fully saturated rings. The molecule has 0 radical (unpaired) electrons. The number of carbonyl (C=O) groups is 1. The van der Waals surface area contributed by atoms with Gasteiger partial charge in [-0.05, 0) is 61.9 Å². The van der Waals surface area contributed by atoms with E-state index in [-0.39, 0.29) is 24.1 Å². The van der Waals surface area contributed by atoms with Crippen LogP contribution in [0.25, 0.3) is 0 Å². The first kappa shape index (κ1) is 17.2. The van der Waals surface area contributed by atoms with Crippen LogP contribution in [-0.4, -0.2) is 37.5 Å². The van der Waals surface area contributed by atoms with Gasteiger partial charge in [0.15, 0.2) is 0 Å². The van der Waals surface area contributed by atoms with E-state index < -0.39 is 0 Å². The fourth-order valence-electron chi connectivity index (χ4n) is 3.50. The van der Waals surface area contributed by atoms with Crippen LogP contribution in [0.15, 0.2) is 24.3 Å². The Bertz CT molecular complexity index is 514. The third-order valence-corrected chi connectivity index (χ3v) is 5.11. The van der Waals surface area contributed by atoms with Crippen LogP contribution in [-0.2, 0) is 11.2 Å². The Hall–Kier alpha value is -1.13. The number of benzene rings is 1. The Labute approximate surface area is 137 Å². The van der Waals surface area contributed by atoms with E-state index in [1.165, 1.54) is 12.1 Å². The topological polar surface area (TPSA) is 32.3 Å². The standard InChI is InChI=1S/C17H23FN2O.ClH/c1-20(11-6-13-2-4-14(18)5-3-13)16(21)15-12-17(15)7-9-19-10-8-17;/h2-5,15,19H,6-12H2,1H3;1H. The van der Waals surface area contributed by atoms with Crippen molar-refractivity contribution in [2.24, 2.45) is 11.3 Å². The number of likely N-dealkylation sites (N-methyl/N-ethyl adjacent to an activating group) is 1. The normalized spacial score (nSPS) is 22.0. The van der Waals surface area contributed by atoms with E-state index in [1.54, 1.807) is 12.1 Å². The predicted octanol–water partition coefficient (Wildman–Crippen LogP) is 2.64. The molecule has 1 unspecified atom stereocenters. The molecule has 1 aliphatic carbocycles. The summed E-state index contributed by atoms with van der Waals surface area (Å²) in [7, 11) is 1.89. The number of nitrogens with one attached hydrogen (secondary N) is 1. The van der Waals surface area contributed by atoms with Crippen molar-refractivity contribution in [2.45, 2.75) is 25.7 Å². The number of nitrogens with zero attached hydrogens (tertiary/aromatic N) is 1. The molecule has 1 aromatic rings. The van der Waals surface area contributed by atoms with Crippen LogP contribution in [0.5, 0.6) is 0 Å². The van der Waals surface area contributed by atoms with Crippen LogP contribution in [0.2, 0.25) is 0 Å². The number of halogens is 2. The Morgan fingerprint density at radius 1 is 1.32 bits per heavy atom. The second-order valence-electron chi connectivity index (χ2n) is 6.51. The summed E-state index contributed by atoms with van der Waals surface area (Å²) >= 11 is 0. The molecule has 22 heavy (non-hydrogen) atoms. The van der Waals surface area contributed by atoms with E-state index in [9.17, 15) is 9.18 Å². The van der Waals surface area contributed by atoms with Crippen LogP contribution in [0, 0.1) is 17.2 Å². The number of hydrogen-bond donors (Lipinski definition) is 1. The Morgan fingerprint density at radius 3 is 2.59 bits per heavy atom. The molecule has 3 rings (SSSR count). The lowest BCUT2D eigenvalue weighted by molar-refractivity contribution is -0.132. The maximum atomic E-state index is 12.9. The van der Waals surface area contributed by atoms with Gasteiger partial charge < -0.3 is 10.2 Å². The van der Waals surface area contributed by atoms with Crippen molar-refractivity contribution in [3.63, 3.8) is 0 Å². The fourth-order valence-corrected chi connectivity index (χ4v) is 3.50. The summed E-state index contributed by atoms with van der Waals surface area (Å²) in [4.78, 5) is 14.4. The molecular weight excluding hydrogens is 303 g/mol. The lowest BCUT2D eigenvalue weighted by Gasteiger charge is -2.25. The van der Waals surface area contributed by atoms with Gasteiger partial charge in [-0.2, -0.15) is 0 Å². The molecule has 0 bridgehead atoms. The summed E-state index contributed by atoms with van der Waals surface area (Å²) in [6.07, 6.45) is 4.11. The first-order chi connectivity index (χ1) is 10.1. The van der Waals surface area contributed by atoms with Crippen molar-refractivity contribution >= 4 is 18.3 Å². The van der Waals surface area contributed by atoms with Crippen molar-refractivity contribution < 1.29 is 9.18 Å². The Kier molecular flexibility index (Phi) is 5.45. The van der Waals surface area contributed by atoms with Crippen LogP contribution < -0.4 is 5.32 Å². The second-order valence-corrected chi connectivity index (χ2v) is 6.51. The maximum absolute atomic E-state index is 12.9. The maximum Gasteiger partial charge on any atom is 0.226 e. The molecule has 2 aliphatic rings. The second kappa shape index (κ2) is 6.97. The minimum Gasteiger partial charge on any atom is -0.345 e. The lowest BCUT2D eigenvalue weighted by atomic mass is 9.91. The van der Waals surface area contributed by atoms with Crippen molar-refractivity contribution in [1.82, 2.24) is 10.2 Å². The van der Waals surface area contributed by atoms with Gasteiger partial charge in [-0.1, -0.05) is 12.1 Å². The van der Waals surface area contributed by atoms with Crippen molar-refractivity contribution in [2.75, 3.05) is 26.7 Å². The minimum absolute atomic E-state index is 0. The van der Waals surface area contributed by atoms with Gasteiger partial charge in [0.1, 0.15) is 5.82 Å². The fraction of sp³-hybridized carbons (Fsp3) is 0.588. The van der Waals surface area contributed by atoms with Gasteiger partial charge in [-0.25, -0.2) is 4.39 Å². The average molecular weight is 327 g/mol. The highest BCUT2D eigenvalue weighted by Crippen LogP contribution is 2.59. The Balaban J connectivity index is 0.00000176. The third kappa shape index (κ3) is 3.61. The molecule has 1 N–H and O–H groups in total. The van der Waals surface area contributed by atoms with Crippen LogP contribution in [0.1, 0.15) is 24.8 Å². The molecule has 1 aliphatic heterocycles. The van der Waals surface area contributed by atoms with Crippen molar-refractivity contribution in [1.29, 1.82) is 0 Å². The summed E-state index contributed by atoms with van der Waals surface area (Å²) in [5.74, 6) is 0.311. The number of rotatable bonds is 4. The molecule has 1 atom stereocenters. The Morgan fingerprint density at radius 2 is 1.95 bits per heavy atom. The van der Waals surface area contributed by atoms with Gasteiger partial charge in [0.25, 0.3) is 0 Å². The van der Waals surface area contributed by atoms with Gasteiger partial charge in [-0.3, -0.25) is 4.79 Å². The molecule has 5 heteroatoms. The van der Waals surface area contributed by atoms with E-state index in [2.05, 4.69) is 5.32 Å². The zero-order chi connectivity index (χ0) is 14.9. The van der Waals surface area contributed by atoms with Crippen molar-refractivity contribution in [3.05, 3.63) is 35.6 Å². The van der Waals surface area contributed by atoms with Gasteiger partial charge >= 0.3 is 0 Å². The summed E-state index contributed by atoms with van der Waals surface area (Å²) in [6.45, 7) is 2.79. The highest BCUT2D eigenvalue weighted by atomic mass is 35.5. The molecule has 0 aromatic heterocycles. The van der Waals surface area contributed by atoms with Gasteiger partial charge in [0.05, 0.1) is 0 Å². The summed E-state index contributed by atoms with van der Waals surface area (Å²) < 4.78 is 12.9. The average Bonchev–Trinajstić information content (AvgIpc) is 3.19. The molecule has 122 valence electrons. The SMILES string of the molecule is CN(CCc1ccc(F)cc1)C(=O)C1CC12CCNCC2.Cl. The van der Waals surface area contributed by atoms with E-state index >= 15 is 0 Å². The van der Waals surface area contributed by atoms with Gasteiger partial charge in [0, 0.05) is 19.5 Å². The smallest absolute Gasteiger partial charge is 0.226 e. The first-order valence-electron chi connectivity index (χ1n) is 7.81. The lowest BCUT2D eigenvalue weighted by Crippen LogP contribution is -2.35. The number of carbonyl (C=O) groups excluding carboxylic acids is 1. The van der Waals surface area contributed by atoms with Crippen LogP contribution in [0.4, 0.5) is 4.39 Å². The molecule has 1 saturated heterocycles. The van der Waals surface area contributed by atoms with E-state index in [4.69, 9.17) is 0 Å². The van der Waals surface area contributed by atoms with E-state index in [0.717, 1.165) is 44.3 Å². The van der Waals surface area contributed by atoms with Crippen molar-refractivity contribution in [3.8, 4) is 0 Å². The molecule has 3 nitrogen and oxygen atoms in total. The highest BCUT2D eigenvalue weighted by Gasteiger charge is 2.58. The van der Waals surface area contributed by atoms with Crippen LogP contribution in [0.3, 0.4) is 0 Å². The van der Waals surface area contributed by atoms with Gasteiger partial charge in [-0.15, -0.1) is 12.4 Å². The molecule has 1 spiro atoms. The third-order valence-electron chi connectivity index (χ3n) is 5.11. The predicted molar refractivity (Wildman–Crippen MR) is 87.6 cm³/mol. The minimum atomic E-state index is -0.214. The van der Waals surface area contributed by atoms with Crippen LogP contribution >= 0.6 is 12.4 Å². The van der Waals surface area contributed by atoms with E-state index in [1.807, 2.05) is 11.9 Å². The highest BCUT2D eigenvalue weighted by molar-refractivity contribution is 5.85. The monoisotopic (exact) mass is 326 g/mol. The molecule has 1 amide bonds. The number of amides is 1. The molecule has 1 heterocycles. The number of piperidine rings is 1. The first-order valence-corrected chi connectivity index (χ1v) is 7.81. The summed E-state index contributed by atoms with van der Waals surface area (Å²) in [6, 6.07) is 6.53. The zero-order valence-electron chi connectivity index (χ0n) is 13.0. The molecule has 1 aromatic carbocycles. The number of hydrogen-bond acceptors (Lipinski definition) is 2. The van der Waals surface area contributed by atoms with Gasteiger partial charge in [0.2, 0.25) is 5.91 Å². The summed E-state index contributed by atoms with van der Waals surface area (Å²) in [5, 5.41) is 3.36. The molecular formula is C17H24ClFN2O. The summed E-state index contributed by atoms with van der Waals surface area (Å²) in [5.41, 5.74) is 1.37. The van der Waals surface area contributed by atoms with E-state index in [0.29, 0.717) is 17.9 Å².